The van der Waals surface area contributed by atoms with Crippen LogP contribution in [0.25, 0.3) is 0 Å². The van der Waals surface area contributed by atoms with E-state index >= 15 is 0 Å². The van der Waals surface area contributed by atoms with Gasteiger partial charge in [0.15, 0.2) is 9.84 Å². The Morgan fingerprint density at radius 1 is 1.31 bits per heavy atom. The number of sulfone groups is 1. The molecule has 0 aromatic heterocycles. The monoisotopic (exact) mass is 386 g/mol. The molecule has 1 aromatic carbocycles. The molecular weight excluding hydrogens is 368 g/mol. The highest BCUT2D eigenvalue weighted by Gasteiger charge is 2.44. The van der Waals surface area contributed by atoms with Crippen LogP contribution in [0.5, 0.6) is 0 Å². The van der Waals surface area contributed by atoms with Gasteiger partial charge in [-0.05, 0) is 24.1 Å². The van der Waals surface area contributed by atoms with Crippen LogP contribution in [0.1, 0.15) is 12.0 Å². The molecule has 1 saturated heterocycles. The Labute approximate surface area is 149 Å². The average molecular weight is 386 g/mol. The Morgan fingerprint density at radius 2 is 1.92 bits per heavy atom. The van der Waals surface area contributed by atoms with Crippen LogP contribution >= 0.6 is 0 Å². The van der Waals surface area contributed by atoms with Crippen molar-refractivity contribution >= 4 is 27.6 Å². The number of amides is 1. The normalized spacial score (nSPS) is 19.8. The first-order valence-corrected chi connectivity index (χ1v) is 9.52. The first kappa shape index (κ1) is 19.6. The Balaban J connectivity index is 2.06. The molecule has 1 heterocycles. The molecule has 0 bridgehead atoms. The van der Waals surface area contributed by atoms with Gasteiger partial charge < -0.3 is 9.47 Å². The number of hydrogen-bond acceptors (Lipinski definition) is 8. The Morgan fingerprint density at radius 3 is 2.42 bits per heavy atom. The van der Waals surface area contributed by atoms with E-state index in [1.165, 1.54) is 24.3 Å². The Hall–Kier alpha value is -2.69. The van der Waals surface area contributed by atoms with Crippen molar-refractivity contribution in [3.63, 3.8) is 0 Å². The number of methoxy groups -OCH3 is 1. The number of likely N-dealkylation sites (tertiary alicyclic amines) is 1. The third-order valence-corrected chi connectivity index (χ3v) is 5.64. The van der Waals surface area contributed by atoms with Gasteiger partial charge in [0.05, 0.1) is 17.3 Å². The topological polar surface area (TPSA) is 133 Å². The van der Waals surface area contributed by atoms with E-state index in [4.69, 9.17) is 4.74 Å². The SMILES string of the molecule is COC(=O)[C@@H]1CC(S(C)(=O)=O)CN1C(=O)OCc1ccc([N+](=O)[O-])cc1. The molecule has 10 nitrogen and oxygen atoms in total. The number of non-ortho nitro benzene ring substituents is 1. The fourth-order valence-electron chi connectivity index (χ4n) is 2.61. The van der Waals surface area contributed by atoms with E-state index in [0.717, 1.165) is 18.3 Å². The molecule has 1 fully saturated rings. The summed E-state index contributed by atoms with van der Waals surface area (Å²) in [5.41, 5.74) is 0.416. The second kappa shape index (κ2) is 7.68. The predicted octanol–water partition coefficient (Wildman–Crippen LogP) is 0.892. The molecule has 1 aliphatic rings. The van der Waals surface area contributed by atoms with Crippen molar-refractivity contribution in [2.45, 2.75) is 24.3 Å². The zero-order chi connectivity index (χ0) is 19.5. The zero-order valence-corrected chi connectivity index (χ0v) is 15.0. The number of nitrogens with zero attached hydrogens (tertiary/aromatic N) is 2. The van der Waals surface area contributed by atoms with Crippen molar-refractivity contribution in [1.82, 2.24) is 4.90 Å². The van der Waals surface area contributed by atoms with Crippen molar-refractivity contribution in [1.29, 1.82) is 0 Å². The second-order valence-electron chi connectivity index (χ2n) is 5.86. The molecule has 1 aromatic rings. The lowest BCUT2D eigenvalue weighted by atomic mass is 10.2. The smallest absolute Gasteiger partial charge is 0.410 e. The van der Waals surface area contributed by atoms with Crippen LogP contribution in [0.4, 0.5) is 10.5 Å². The molecule has 0 aliphatic carbocycles. The van der Waals surface area contributed by atoms with E-state index in [-0.39, 0.29) is 25.3 Å². The molecule has 1 aliphatic heterocycles. The summed E-state index contributed by atoms with van der Waals surface area (Å²) in [6, 6.07) is 4.38. The summed E-state index contributed by atoms with van der Waals surface area (Å²) in [6.45, 7) is -0.345. The van der Waals surface area contributed by atoms with E-state index < -0.39 is 38.1 Å². The van der Waals surface area contributed by atoms with Crippen molar-refractivity contribution in [3.8, 4) is 0 Å². The number of hydrogen-bond donors (Lipinski definition) is 0. The number of ether oxygens (including phenoxy) is 2. The Bertz CT molecular complexity index is 805. The lowest BCUT2D eigenvalue weighted by molar-refractivity contribution is -0.384. The third-order valence-electron chi connectivity index (χ3n) is 4.09. The summed E-state index contributed by atoms with van der Waals surface area (Å²) < 4.78 is 33.2. The molecule has 0 spiro atoms. The van der Waals surface area contributed by atoms with Gasteiger partial charge in [-0.15, -0.1) is 0 Å². The van der Waals surface area contributed by atoms with Crippen LogP contribution in [-0.2, 0) is 30.7 Å². The maximum absolute atomic E-state index is 12.3. The fraction of sp³-hybridized carbons (Fsp3) is 0.467. The molecule has 1 unspecified atom stereocenters. The lowest BCUT2D eigenvalue weighted by Crippen LogP contribution is -2.41. The van der Waals surface area contributed by atoms with Gasteiger partial charge >= 0.3 is 12.1 Å². The maximum Gasteiger partial charge on any atom is 0.410 e. The first-order valence-electron chi connectivity index (χ1n) is 7.57. The van der Waals surface area contributed by atoms with Gasteiger partial charge in [-0.25, -0.2) is 18.0 Å². The molecule has 0 saturated carbocycles. The lowest BCUT2D eigenvalue weighted by Gasteiger charge is -2.21. The highest BCUT2D eigenvalue weighted by Crippen LogP contribution is 2.25. The van der Waals surface area contributed by atoms with Gasteiger partial charge in [-0.3, -0.25) is 15.0 Å². The molecule has 26 heavy (non-hydrogen) atoms. The van der Waals surface area contributed by atoms with E-state index in [1.807, 2.05) is 0 Å². The standard InChI is InChI=1S/C15H18N2O8S/c1-24-14(18)13-7-12(26(2,22)23)8-16(13)15(19)25-9-10-3-5-11(6-4-10)17(20)21/h3-6,12-13H,7-9H2,1-2H3/t12?,13-/m0/s1. The van der Waals surface area contributed by atoms with Gasteiger partial charge in [-0.2, -0.15) is 0 Å². The van der Waals surface area contributed by atoms with Crippen LogP contribution in [0.3, 0.4) is 0 Å². The van der Waals surface area contributed by atoms with Crippen LogP contribution in [-0.4, -0.2) is 61.5 Å². The summed E-state index contributed by atoms with van der Waals surface area (Å²) in [7, 11) is -2.30. The number of carbonyl (C=O) groups is 2. The second-order valence-corrected chi connectivity index (χ2v) is 8.18. The number of nitro groups is 1. The van der Waals surface area contributed by atoms with Crippen LogP contribution in [0, 0.1) is 10.1 Å². The highest BCUT2D eigenvalue weighted by molar-refractivity contribution is 7.91. The van der Waals surface area contributed by atoms with Crippen molar-refractivity contribution in [3.05, 3.63) is 39.9 Å². The number of carbonyl (C=O) groups excluding carboxylic acids is 2. The van der Waals surface area contributed by atoms with Crippen LogP contribution in [0.15, 0.2) is 24.3 Å². The summed E-state index contributed by atoms with van der Waals surface area (Å²) in [5.74, 6) is -0.719. The van der Waals surface area contributed by atoms with Gasteiger partial charge in [0.1, 0.15) is 12.6 Å². The number of benzene rings is 1. The van der Waals surface area contributed by atoms with Crippen LogP contribution in [0.2, 0.25) is 0 Å². The fourth-order valence-corrected chi connectivity index (χ4v) is 3.57. The molecule has 0 radical (unpaired) electrons. The van der Waals surface area contributed by atoms with Gasteiger partial charge in [0.25, 0.3) is 5.69 Å². The van der Waals surface area contributed by atoms with Gasteiger partial charge in [-0.1, -0.05) is 0 Å². The minimum Gasteiger partial charge on any atom is -0.467 e. The molecule has 2 atom stereocenters. The van der Waals surface area contributed by atoms with E-state index in [0.29, 0.717) is 5.56 Å². The van der Waals surface area contributed by atoms with Crippen LogP contribution < -0.4 is 0 Å². The summed E-state index contributed by atoms with van der Waals surface area (Å²) in [4.78, 5) is 35.2. The highest BCUT2D eigenvalue weighted by atomic mass is 32.2. The summed E-state index contributed by atoms with van der Waals surface area (Å²) in [6.07, 6.45) is 0.125. The largest absolute Gasteiger partial charge is 0.467 e. The molecule has 142 valence electrons. The van der Waals surface area contributed by atoms with Gasteiger partial charge in [0.2, 0.25) is 0 Å². The molecule has 1 amide bonds. The quantitative estimate of drug-likeness (QED) is 0.414. The van der Waals surface area contributed by atoms with Gasteiger partial charge in [0, 0.05) is 24.9 Å². The molecule has 11 heteroatoms. The van der Waals surface area contributed by atoms with Crippen molar-refractivity contribution in [2.75, 3.05) is 19.9 Å². The molecular formula is C15H18N2O8S. The maximum atomic E-state index is 12.3. The third kappa shape index (κ3) is 4.48. The Kier molecular flexibility index (Phi) is 5.80. The predicted molar refractivity (Wildman–Crippen MR) is 89.0 cm³/mol. The van der Waals surface area contributed by atoms with E-state index in [9.17, 15) is 28.1 Å². The number of esters is 1. The average Bonchev–Trinajstić information content (AvgIpc) is 3.05. The molecule has 0 N–H and O–H groups in total. The zero-order valence-electron chi connectivity index (χ0n) is 14.2. The summed E-state index contributed by atoms with van der Waals surface area (Å²) in [5, 5.41) is 9.74. The molecule has 2 rings (SSSR count). The van der Waals surface area contributed by atoms with Crippen molar-refractivity contribution in [2.24, 2.45) is 0 Å². The first-order chi connectivity index (χ1) is 12.1. The minimum absolute atomic E-state index is 0.0574. The summed E-state index contributed by atoms with van der Waals surface area (Å²) >= 11 is 0. The van der Waals surface area contributed by atoms with E-state index in [2.05, 4.69) is 4.74 Å². The van der Waals surface area contributed by atoms with Crippen molar-refractivity contribution < 1.29 is 32.4 Å². The minimum atomic E-state index is -3.44. The van der Waals surface area contributed by atoms with E-state index in [1.54, 1.807) is 0 Å². The number of rotatable bonds is 5. The number of nitro benzene ring substituents is 1.